The van der Waals surface area contributed by atoms with Gasteiger partial charge in [-0.3, -0.25) is 4.79 Å². The van der Waals surface area contributed by atoms with Gasteiger partial charge in [0.05, 0.1) is 6.61 Å². The van der Waals surface area contributed by atoms with Crippen molar-refractivity contribution in [1.82, 2.24) is 0 Å². The second kappa shape index (κ2) is 12.2. The molecule has 0 aromatic carbocycles. The Labute approximate surface area is 124 Å². The molecule has 1 atom stereocenters. The average molecular weight is 287 g/mol. The summed E-state index contributed by atoms with van der Waals surface area (Å²) in [6, 6.07) is -0.564. The summed E-state index contributed by atoms with van der Waals surface area (Å²) in [4.78, 5) is 11.7. The molecular weight excluding hydrogens is 254 g/mol. The third-order valence-electron chi connectivity index (χ3n) is 4.00. The number of rotatable bonds is 12. The van der Waals surface area contributed by atoms with Gasteiger partial charge in [0.25, 0.3) is 0 Å². The normalized spacial score (nSPS) is 12.9. The van der Waals surface area contributed by atoms with Gasteiger partial charge in [-0.05, 0) is 18.3 Å². The highest BCUT2D eigenvalue weighted by Crippen LogP contribution is 2.09. The van der Waals surface area contributed by atoms with Gasteiger partial charge < -0.3 is 15.2 Å². The number of ether oxygens (including phenoxy) is 2. The van der Waals surface area contributed by atoms with Crippen LogP contribution in [0.2, 0.25) is 0 Å². The van der Waals surface area contributed by atoms with Crippen LogP contribution in [0.3, 0.4) is 0 Å². The van der Waals surface area contributed by atoms with Crippen LogP contribution in [-0.2, 0) is 14.3 Å². The zero-order valence-electron chi connectivity index (χ0n) is 13.7. The fourth-order valence-electron chi connectivity index (χ4n) is 1.93. The van der Waals surface area contributed by atoms with Gasteiger partial charge >= 0.3 is 5.97 Å². The molecular formula is C16H33NO3. The lowest BCUT2D eigenvalue weighted by Gasteiger charge is -2.16. The first kappa shape index (κ1) is 19.4. The topological polar surface area (TPSA) is 61.5 Å². The molecule has 0 radical (unpaired) electrons. The van der Waals surface area contributed by atoms with Crippen molar-refractivity contribution in [2.24, 2.45) is 17.6 Å². The minimum atomic E-state index is -0.564. The molecule has 0 fully saturated rings. The van der Waals surface area contributed by atoms with Gasteiger partial charge in [0, 0.05) is 13.2 Å². The Bertz CT molecular complexity index is 238. The first-order valence-electron chi connectivity index (χ1n) is 8.08. The lowest BCUT2D eigenvalue weighted by Crippen LogP contribution is -2.34. The van der Waals surface area contributed by atoms with Crippen molar-refractivity contribution in [3.63, 3.8) is 0 Å². The number of nitrogens with two attached hydrogens (primary N) is 1. The Morgan fingerprint density at radius 2 is 1.45 bits per heavy atom. The molecule has 0 amide bonds. The maximum Gasteiger partial charge on any atom is 0.323 e. The van der Waals surface area contributed by atoms with E-state index in [1.165, 1.54) is 0 Å². The standard InChI is InChI=1S/C16H33NO3/c1-5-13(6-2)11-19-10-9-15(17)16(18)20-12-14(7-3)8-4/h13-15H,5-12,17H2,1-4H3. The molecule has 0 saturated heterocycles. The molecule has 0 saturated carbocycles. The summed E-state index contributed by atoms with van der Waals surface area (Å²) in [7, 11) is 0. The maximum atomic E-state index is 11.7. The molecule has 0 spiro atoms. The molecule has 120 valence electrons. The Balaban J connectivity index is 3.74. The van der Waals surface area contributed by atoms with E-state index in [9.17, 15) is 4.79 Å². The van der Waals surface area contributed by atoms with Crippen LogP contribution < -0.4 is 5.73 Å². The van der Waals surface area contributed by atoms with Crippen molar-refractivity contribution in [3.05, 3.63) is 0 Å². The minimum Gasteiger partial charge on any atom is -0.464 e. The zero-order chi connectivity index (χ0) is 15.4. The van der Waals surface area contributed by atoms with Crippen LogP contribution in [0.15, 0.2) is 0 Å². The molecule has 0 bridgehead atoms. The SMILES string of the molecule is CCC(CC)COCCC(N)C(=O)OCC(CC)CC. The molecule has 0 aliphatic heterocycles. The van der Waals surface area contributed by atoms with Crippen molar-refractivity contribution in [3.8, 4) is 0 Å². The molecule has 4 heteroatoms. The van der Waals surface area contributed by atoms with E-state index in [4.69, 9.17) is 15.2 Å². The highest BCUT2D eigenvalue weighted by Gasteiger charge is 2.16. The van der Waals surface area contributed by atoms with Gasteiger partial charge in [-0.1, -0.05) is 53.4 Å². The van der Waals surface area contributed by atoms with Gasteiger partial charge in [-0.2, -0.15) is 0 Å². The third kappa shape index (κ3) is 8.54. The fraction of sp³-hybridized carbons (Fsp3) is 0.938. The van der Waals surface area contributed by atoms with E-state index in [2.05, 4.69) is 27.7 Å². The average Bonchev–Trinajstić information content (AvgIpc) is 2.48. The summed E-state index contributed by atoms with van der Waals surface area (Å²) in [6.07, 6.45) is 4.83. The summed E-state index contributed by atoms with van der Waals surface area (Å²) >= 11 is 0. The maximum absolute atomic E-state index is 11.7. The lowest BCUT2D eigenvalue weighted by atomic mass is 10.1. The molecule has 0 aromatic rings. The zero-order valence-corrected chi connectivity index (χ0v) is 13.7. The van der Waals surface area contributed by atoms with E-state index >= 15 is 0 Å². The Morgan fingerprint density at radius 3 is 1.95 bits per heavy atom. The van der Waals surface area contributed by atoms with Crippen LogP contribution in [0, 0.1) is 11.8 Å². The Kier molecular flexibility index (Phi) is 11.8. The first-order valence-corrected chi connectivity index (χ1v) is 8.08. The molecule has 0 heterocycles. The monoisotopic (exact) mass is 287 g/mol. The van der Waals surface area contributed by atoms with Crippen LogP contribution in [0.5, 0.6) is 0 Å². The van der Waals surface area contributed by atoms with Crippen molar-refractivity contribution in [1.29, 1.82) is 0 Å². The van der Waals surface area contributed by atoms with E-state index in [1.54, 1.807) is 0 Å². The van der Waals surface area contributed by atoms with Crippen LogP contribution in [0.1, 0.15) is 59.8 Å². The molecule has 0 aromatic heterocycles. The van der Waals surface area contributed by atoms with Crippen LogP contribution in [-0.4, -0.2) is 31.8 Å². The molecule has 0 aliphatic rings. The van der Waals surface area contributed by atoms with Crippen LogP contribution >= 0.6 is 0 Å². The lowest BCUT2D eigenvalue weighted by molar-refractivity contribution is -0.147. The molecule has 20 heavy (non-hydrogen) atoms. The van der Waals surface area contributed by atoms with Gasteiger partial charge in [0.1, 0.15) is 6.04 Å². The van der Waals surface area contributed by atoms with Gasteiger partial charge in [-0.25, -0.2) is 0 Å². The summed E-state index contributed by atoms with van der Waals surface area (Å²) in [5.41, 5.74) is 5.81. The smallest absolute Gasteiger partial charge is 0.323 e. The van der Waals surface area contributed by atoms with Gasteiger partial charge in [0.15, 0.2) is 0 Å². The number of carbonyl (C=O) groups is 1. The van der Waals surface area contributed by atoms with Crippen molar-refractivity contribution in [2.45, 2.75) is 65.8 Å². The number of esters is 1. The summed E-state index contributed by atoms with van der Waals surface area (Å²) in [5.74, 6) is 0.744. The first-order chi connectivity index (χ1) is 9.58. The van der Waals surface area contributed by atoms with Crippen LogP contribution in [0.25, 0.3) is 0 Å². The fourth-order valence-corrected chi connectivity index (χ4v) is 1.93. The van der Waals surface area contributed by atoms with E-state index in [0.717, 1.165) is 32.3 Å². The molecule has 4 nitrogen and oxygen atoms in total. The second-order valence-electron chi connectivity index (χ2n) is 5.47. The predicted octanol–water partition coefficient (Wildman–Crippen LogP) is 3.14. The van der Waals surface area contributed by atoms with Crippen LogP contribution in [0.4, 0.5) is 0 Å². The highest BCUT2D eigenvalue weighted by atomic mass is 16.5. The Hall–Kier alpha value is -0.610. The van der Waals surface area contributed by atoms with E-state index in [-0.39, 0.29) is 5.97 Å². The summed E-state index contributed by atoms with van der Waals surface area (Å²) < 4.78 is 10.8. The molecule has 1 unspecified atom stereocenters. The second-order valence-corrected chi connectivity index (χ2v) is 5.47. The van der Waals surface area contributed by atoms with E-state index in [1.807, 2.05) is 0 Å². The highest BCUT2D eigenvalue weighted by molar-refractivity contribution is 5.75. The van der Waals surface area contributed by atoms with Gasteiger partial charge in [-0.15, -0.1) is 0 Å². The summed E-state index contributed by atoms with van der Waals surface area (Å²) in [6.45, 7) is 10.3. The molecule has 0 aliphatic carbocycles. The number of hydrogen-bond donors (Lipinski definition) is 1. The summed E-state index contributed by atoms with van der Waals surface area (Å²) in [5, 5.41) is 0. The molecule has 2 N–H and O–H groups in total. The number of carbonyl (C=O) groups excluding carboxylic acids is 1. The number of hydrogen-bond acceptors (Lipinski definition) is 4. The van der Waals surface area contributed by atoms with Gasteiger partial charge in [0.2, 0.25) is 0 Å². The quantitative estimate of drug-likeness (QED) is 0.442. The third-order valence-corrected chi connectivity index (χ3v) is 4.00. The minimum absolute atomic E-state index is 0.303. The van der Waals surface area contributed by atoms with E-state index < -0.39 is 6.04 Å². The Morgan fingerprint density at radius 1 is 0.950 bits per heavy atom. The van der Waals surface area contributed by atoms with Crippen molar-refractivity contribution >= 4 is 5.97 Å². The van der Waals surface area contributed by atoms with Crippen molar-refractivity contribution in [2.75, 3.05) is 19.8 Å². The van der Waals surface area contributed by atoms with Crippen molar-refractivity contribution < 1.29 is 14.3 Å². The largest absolute Gasteiger partial charge is 0.464 e. The van der Waals surface area contributed by atoms with E-state index in [0.29, 0.717) is 31.5 Å². The molecule has 0 rings (SSSR count). The predicted molar refractivity (Wildman–Crippen MR) is 82.5 cm³/mol.